The number of nitrogens with zero attached hydrogens (tertiary/aromatic N) is 2. The zero-order valence-corrected chi connectivity index (χ0v) is 17.4. The van der Waals surface area contributed by atoms with Crippen LogP contribution < -0.4 is 10.6 Å². The summed E-state index contributed by atoms with van der Waals surface area (Å²) < 4.78 is 5.59. The average molecular weight is 381 g/mol. The molecule has 2 aliphatic heterocycles. The molecule has 0 unspecified atom stereocenters. The SMILES string of the molecule is CC(C)N1CCC(N(CCNC(=O)NC2CCCC2)C2CCOCC2)CC1. The van der Waals surface area contributed by atoms with Crippen molar-refractivity contribution >= 4 is 6.03 Å². The molecule has 0 bridgehead atoms. The van der Waals surface area contributed by atoms with Crippen molar-refractivity contribution in [3.8, 4) is 0 Å². The first-order valence-electron chi connectivity index (χ1n) is 11.3. The van der Waals surface area contributed by atoms with E-state index in [9.17, 15) is 4.79 Å². The smallest absolute Gasteiger partial charge is 0.315 e. The number of rotatable bonds is 7. The van der Waals surface area contributed by atoms with E-state index in [1.54, 1.807) is 0 Å². The molecule has 2 N–H and O–H groups in total. The summed E-state index contributed by atoms with van der Waals surface area (Å²) in [6.07, 6.45) is 9.49. The molecule has 0 aromatic heterocycles. The van der Waals surface area contributed by atoms with Crippen LogP contribution in [0.25, 0.3) is 0 Å². The third-order valence-electron chi connectivity index (χ3n) is 6.70. The van der Waals surface area contributed by atoms with Crippen molar-refractivity contribution in [1.82, 2.24) is 20.4 Å². The summed E-state index contributed by atoms with van der Waals surface area (Å²) in [5.74, 6) is 0. The summed E-state index contributed by atoms with van der Waals surface area (Å²) in [5.41, 5.74) is 0. The Morgan fingerprint density at radius 3 is 2.30 bits per heavy atom. The molecular weight excluding hydrogens is 340 g/mol. The van der Waals surface area contributed by atoms with Crippen molar-refractivity contribution in [3.63, 3.8) is 0 Å². The Hall–Kier alpha value is -0.850. The predicted octanol–water partition coefficient (Wildman–Crippen LogP) is 2.58. The number of hydrogen-bond donors (Lipinski definition) is 2. The van der Waals surface area contributed by atoms with Gasteiger partial charge in [0.2, 0.25) is 0 Å². The highest BCUT2D eigenvalue weighted by molar-refractivity contribution is 5.74. The molecule has 1 aliphatic carbocycles. The molecule has 0 spiro atoms. The van der Waals surface area contributed by atoms with Gasteiger partial charge in [-0.05, 0) is 65.5 Å². The van der Waals surface area contributed by atoms with Crippen LogP contribution in [0.4, 0.5) is 4.79 Å². The van der Waals surface area contributed by atoms with E-state index in [4.69, 9.17) is 4.74 Å². The number of urea groups is 1. The zero-order chi connectivity index (χ0) is 19.1. The van der Waals surface area contributed by atoms with Gasteiger partial charge in [0.25, 0.3) is 0 Å². The highest BCUT2D eigenvalue weighted by Gasteiger charge is 2.31. The number of amides is 2. The Bertz CT molecular complexity index is 439. The Labute approximate surface area is 165 Å². The minimum atomic E-state index is 0.0171. The van der Waals surface area contributed by atoms with Gasteiger partial charge in [-0.25, -0.2) is 4.79 Å². The lowest BCUT2D eigenvalue weighted by molar-refractivity contribution is 0.000242. The second kappa shape index (κ2) is 10.6. The van der Waals surface area contributed by atoms with Gasteiger partial charge in [-0.15, -0.1) is 0 Å². The van der Waals surface area contributed by atoms with Crippen LogP contribution in [0.5, 0.6) is 0 Å². The molecule has 3 rings (SSSR count). The lowest BCUT2D eigenvalue weighted by Gasteiger charge is -2.44. The van der Waals surface area contributed by atoms with E-state index in [-0.39, 0.29) is 6.03 Å². The maximum atomic E-state index is 12.2. The normalized spacial score (nSPS) is 24.0. The Balaban J connectivity index is 1.47. The van der Waals surface area contributed by atoms with E-state index in [0.717, 1.165) is 52.0 Å². The first-order chi connectivity index (χ1) is 13.1. The second-order valence-corrected chi connectivity index (χ2v) is 8.82. The van der Waals surface area contributed by atoms with Crippen LogP contribution in [0, 0.1) is 0 Å². The zero-order valence-electron chi connectivity index (χ0n) is 17.4. The molecule has 6 heteroatoms. The number of likely N-dealkylation sites (tertiary alicyclic amines) is 1. The number of hydrogen-bond acceptors (Lipinski definition) is 4. The van der Waals surface area contributed by atoms with Crippen molar-refractivity contribution in [2.45, 2.75) is 89.4 Å². The van der Waals surface area contributed by atoms with E-state index in [0.29, 0.717) is 24.2 Å². The van der Waals surface area contributed by atoms with E-state index >= 15 is 0 Å². The molecule has 0 aromatic rings. The number of piperidine rings is 1. The monoisotopic (exact) mass is 380 g/mol. The topological polar surface area (TPSA) is 56.8 Å². The van der Waals surface area contributed by atoms with Gasteiger partial charge in [0, 0.05) is 50.5 Å². The molecule has 0 radical (unpaired) electrons. The first-order valence-corrected chi connectivity index (χ1v) is 11.3. The van der Waals surface area contributed by atoms with Crippen molar-refractivity contribution in [2.24, 2.45) is 0 Å². The van der Waals surface area contributed by atoms with Crippen LogP contribution in [-0.2, 0) is 4.74 Å². The van der Waals surface area contributed by atoms with Crippen LogP contribution in [0.3, 0.4) is 0 Å². The molecule has 1 saturated carbocycles. The maximum absolute atomic E-state index is 12.2. The van der Waals surface area contributed by atoms with Gasteiger partial charge in [-0.1, -0.05) is 12.8 Å². The Kier molecular flexibility index (Phi) is 8.22. The van der Waals surface area contributed by atoms with Crippen LogP contribution in [0.2, 0.25) is 0 Å². The molecular formula is C21H40N4O2. The largest absolute Gasteiger partial charge is 0.381 e. The molecule has 2 amide bonds. The quantitative estimate of drug-likeness (QED) is 0.713. The van der Waals surface area contributed by atoms with Crippen molar-refractivity contribution in [2.75, 3.05) is 39.4 Å². The molecule has 156 valence electrons. The fourth-order valence-corrected chi connectivity index (χ4v) is 5.02. The summed E-state index contributed by atoms with van der Waals surface area (Å²) in [6.45, 7) is 10.4. The van der Waals surface area contributed by atoms with E-state index < -0.39 is 0 Å². The number of nitrogens with one attached hydrogen (secondary N) is 2. The number of carbonyl (C=O) groups excluding carboxylic acids is 1. The fraction of sp³-hybridized carbons (Fsp3) is 0.952. The summed E-state index contributed by atoms with van der Waals surface area (Å²) in [7, 11) is 0. The Morgan fingerprint density at radius 1 is 1.04 bits per heavy atom. The van der Waals surface area contributed by atoms with Crippen molar-refractivity contribution in [3.05, 3.63) is 0 Å². The minimum absolute atomic E-state index is 0.0171. The number of ether oxygens (including phenoxy) is 1. The molecule has 2 saturated heterocycles. The van der Waals surface area contributed by atoms with Crippen LogP contribution in [0.1, 0.15) is 65.2 Å². The molecule has 2 heterocycles. The lowest BCUT2D eigenvalue weighted by atomic mass is 9.97. The molecule has 3 aliphatic rings. The summed E-state index contributed by atoms with van der Waals surface area (Å²) in [5, 5.41) is 6.25. The van der Waals surface area contributed by atoms with E-state index in [1.165, 1.54) is 38.8 Å². The van der Waals surface area contributed by atoms with E-state index in [2.05, 4.69) is 34.3 Å². The summed E-state index contributed by atoms with van der Waals surface area (Å²) in [4.78, 5) is 17.5. The lowest BCUT2D eigenvalue weighted by Crippen LogP contribution is -2.53. The average Bonchev–Trinajstić information content (AvgIpc) is 3.19. The minimum Gasteiger partial charge on any atom is -0.381 e. The molecule has 0 aromatic carbocycles. The molecule has 0 atom stereocenters. The molecule has 6 nitrogen and oxygen atoms in total. The van der Waals surface area contributed by atoms with Crippen LogP contribution >= 0.6 is 0 Å². The highest BCUT2D eigenvalue weighted by atomic mass is 16.5. The fourth-order valence-electron chi connectivity index (χ4n) is 5.02. The van der Waals surface area contributed by atoms with Gasteiger partial charge in [0.15, 0.2) is 0 Å². The standard InChI is InChI=1S/C21H40N4O2/c1-17(2)24-12-7-19(8-13-24)25(20-9-15-27-16-10-20)14-11-22-21(26)23-18-5-3-4-6-18/h17-20H,3-16H2,1-2H3,(H2,22,23,26). The second-order valence-electron chi connectivity index (χ2n) is 8.82. The maximum Gasteiger partial charge on any atom is 0.315 e. The molecule has 27 heavy (non-hydrogen) atoms. The van der Waals surface area contributed by atoms with Gasteiger partial charge in [0.1, 0.15) is 0 Å². The Morgan fingerprint density at radius 2 is 1.67 bits per heavy atom. The summed E-state index contributed by atoms with van der Waals surface area (Å²) in [6, 6.07) is 2.29. The van der Waals surface area contributed by atoms with Crippen molar-refractivity contribution in [1.29, 1.82) is 0 Å². The third kappa shape index (κ3) is 6.33. The summed E-state index contributed by atoms with van der Waals surface area (Å²) >= 11 is 0. The van der Waals surface area contributed by atoms with Crippen LogP contribution in [-0.4, -0.2) is 79.4 Å². The highest BCUT2D eigenvalue weighted by Crippen LogP contribution is 2.24. The van der Waals surface area contributed by atoms with Gasteiger partial charge in [0.05, 0.1) is 0 Å². The van der Waals surface area contributed by atoms with E-state index in [1.807, 2.05) is 0 Å². The molecule has 3 fully saturated rings. The third-order valence-corrected chi connectivity index (χ3v) is 6.70. The number of carbonyl (C=O) groups is 1. The van der Waals surface area contributed by atoms with Gasteiger partial charge in [-0.3, -0.25) is 4.90 Å². The van der Waals surface area contributed by atoms with Crippen LogP contribution in [0.15, 0.2) is 0 Å². The predicted molar refractivity (Wildman–Crippen MR) is 109 cm³/mol. The van der Waals surface area contributed by atoms with Gasteiger partial charge >= 0.3 is 6.03 Å². The van der Waals surface area contributed by atoms with Gasteiger partial charge in [-0.2, -0.15) is 0 Å². The van der Waals surface area contributed by atoms with Crippen molar-refractivity contribution < 1.29 is 9.53 Å². The van der Waals surface area contributed by atoms with Gasteiger partial charge < -0.3 is 20.3 Å². The first kappa shape index (κ1) is 20.9.